The summed E-state index contributed by atoms with van der Waals surface area (Å²) >= 11 is 0. The fourth-order valence-electron chi connectivity index (χ4n) is 3.08. The number of hydrogen-bond donors (Lipinski definition) is 2. The standard InChI is InChI=1S/C21H18N4O/c1-13-9-19-18(11-17(13)14-5-3-7-16(26)10-14)21(22-2)25-20(24-19)15-6-4-8-23-12-15/h3-12,26H,1-2H3,(H,22,24,25). The molecule has 2 N–H and O–H groups in total. The van der Waals surface area contributed by atoms with Crippen LogP contribution in [0.5, 0.6) is 5.75 Å². The SMILES string of the molecule is CNc1nc(-c2cccnc2)nc2cc(C)c(-c3cccc(O)c3)cc12. The molecule has 0 aliphatic carbocycles. The molecule has 0 aliphatic rings. The second-order valence-corrected chi connectivity index (χ2v) is 6.12. The van der Waals surface area contributed by atoms with Crippen LogP contribution in [0.4, 0.5) is 5.82 Å². The first-order chi connectivity index (χ1) is 12.7. The van der Waals surface area contributed by atoms with Crippen LogP contribution in [0, 0.1) is 6.92 Å². The topological polar surface area (TPSA) is 70.9 Å². The number of hydrogen-bond acceptors (Lipinski definition) is 5. The molecule has 0 aliphatic heterocycles. The third-order valence-electron chi connectivity index (χ3n) is 4.36. The maximum absolute atomic E-state index is 9.80. The average molecular weight is 342 g/mol. The highest BCUT2D eigenvalue weighted by Crippen LogP contribution is 2.33. The molecule has 0 unspecified atom stereocenters. The van der Waals surface area contributed by atoms with E-state index in [1.807, 2.05) is 38.2 Å². The number of aromatic hydroxyl groups is 1. The second kappa shape index (κ2) is 6.44. The Bertz CT molecular complexity index is 1090. The van der Waals surface area contributed by atoms with Gasteiger partial charge in [0, 0.05) is 30.4 Å². The Hall–Kier alpha value is -3.47. The van der Waals surface area contributed by atoms with E-state index in [9.17, 15) is 5.11 Å². The summed E-state index contributed by atoms with van der Waals surface area (Å²) in [7, 11) is 1.85. The van der Waals surface area contributed by atoms with Gasteiger partial charge in [-0.05, 0) is 60.0 Å². The zero-order valence-electron chi connectivity index (χ0n) is 14.6. The highest BCUT2D eigenvalue weighted by Gasteiger charge is 2.12. The lowest BCUT2D eigenvalue weighted by atomic mass is 9.98. The summed E-state index contributed by atoms with van der Waals surface area (Å²) in [6, 6.07) is 15.2. The largest absolute Gasteiger partial charge is 0.508 e. The van der Waals surface area contributed by atoms with Crippen LogP contribution in [0.2, 0.25) is 0 Å². The second-order valence-electron chi connectivity index (χ2n) is 6.12. The number of aryl methyl sites for hydroxylation is 1. The van der Waals surface area contributed by atoms with E-state index in [1.165, 1.54) is 0 Å². The molecular weight excluding hydrogens is 324 g/mol. The van der Waals surface area contributed by atoms with Gasteiger partial charge < -0.3 is 10.4 Å². The number of aromatic nitrogens is 3. The predicted molar refractivity (Wildman–Crippen MR) is 104 cm³/mol. The van der Waals surface area contributed by atoms with Crippen LogP contribution in [-0.2, 0) is 0 Å². The summed E-state index contributed by atoms with van der Waals surface area (Å²) in [5.41, 5.74) is 4.83. The maximum Gasteiger partial charge on any atom is 0.163 e. The lowest BCUT2D eigenvalue weighted by Crippen LogP contribution is -2.00. The van der Waals surface area contributed by atoms with E-state index in [0.717, 1.165) is 39.0 Å². The van der Waals surface area contributed by atoms with Crippen LogP contribution in [-0.4, -0.2) is 27.1 Å². The van der Waals surface area contributed by atoms with E-state index in [4.69, 9.17) is 4.98 Å². The molecule has 0 radical (unpaired) electrons. The Labute approximate surface area is 151 Å². The Morgan fingerprint density at radius 3 is 2.54 bits per heavy atom. The quantitative estimate of drug-likeness (QED) is 0.577. The summed E-state index contributed by atoms with van der Waals surface area (Å²) < 4.78 is 0. The van der Waals surface area contributed by atoms with Gasteiger partial charge >= 0.3 is 0 Å². The van der Waals surface area contributed by atoms with E-state index >= 15 is 0 Å². The van der Waals surface area contributed by atoms with Crippen LogP contribution in [0.25, 0.3) is 33.4 Å². The Morgan fingerprint density at radius 2 is 1.81 bits per heavy atom. The zero-order chi connectivity index (χ0) is 18.1. The average Bonchev–Trinajstić information content (AvgIpc) is 2.67. The molecule has 26 heavy (non-hydrogen) atoms. The van der Waals surface area contributed by atoms with Gasteiger partial charge in [-0.2, -0.15) is 0 Å². The number of anilines is 1. The lowest BCUT2D eigenvalue weighted by Gasteiger charge is -2.12. The molecule has 0 saturated carbocycles. The van der Waals surface area contributed by atoms with Gasteiger partial charge in [0.2, 0.25) is 0 Å². The van der Waals surface area contributed by atoms with Gasteiger partial charge in [-0.25, -0.2) is 9.97 Å². The maximum atomic E-state index is 9.80. The van der Waals surface area contributed by atoms with E-state index in [0.29, 0.717) is 5.82 Å². The highest BCUT2D eigenvalue weighted by atomic mass is 16.3. The number of fused-ring (bicyclic) bond motifs is 1. The molecule has 0 saturated heterocycles. The van der Waals surface area contributed by atoms with Gasteiger partial charge in [0.25, 0.3) is 0 Å². The zero-order valence-corrected chi connectivity index (χ0v) is 14.6. The van der Waals surface area contributed by atoms with Crippen molar-refractivity contribution in [2.45, 2.75) is 6.92 Å². The molecule has 5 nitrogen and oxygen atoms in total. The molecule has 128 valence electrons. The molecule has 4 aromatic rings. The summed E-state index contributed by atoms with van der Waals surface area (Å²) in [6.07, 6.45) is 3.49. The first-order valence-corrected chi connectivity index (χ1v) is 8.35. The summed E-state index contributed by atoms with van der Waals surface area (Å²) in [4.78, 5) is 13.5. The fraction of sp³-hybridized carbons (Fsp3) is 0.0952. The molecule has 0 bridgehead atoms. The Balaban J connectivity index is 1.94. The minimum Gasteiger partial charge on any atom is -0.508 e. The van der Waals surface area contributed by atoms with Crippen molar-refractivity contribution >= 4 is 16.7 Å². The molecule has 0 spiro atoms. The lowest BCUT2D eigenvalue weighted by molar-refractivity contribution is 0.475. The smallest absolute Gasteiger partial charge is 0.163 e. The van der Waals surface area contributed by atoms with Gasteiger partial charge in [0.15, 0.2) is 5.82 Å². The van der Waals surface area contributed by atoms with Crippen molar-refractivity contribution in [2.75, 3.05) is 12.4 Å². The van der Waals surface area contributed by atoms with Crippen LogP contribution >= 0.6 is 0 Å². The van der Waals surface area contributed by atoms with Crippen molar-refractivity contribution in [3.05, 3.63) is 66.5 Å². The highest BCUT2D eigenvalue weighted by molar-refractivity contribution is 5.95. The van der Waals surface area contributed by atoms with Crippen LogP contribution in [0.15, 0.2) is 60.9 Å². The number of benzene rings is 2. The number of phenolic OH excluding ortho intramolecular Hbond substituents is 1. The summed E-state index contributed by atoms with van der Waals surface area (Å²) in [5.74, 6) is 1.65. The first-order valence-electron chi connectivity index (χ1n) is 8.35. The van der Waals surface area contributed by atoms with Gasteiger partial charge in [-0.1, -0.05) is 12.1 Å². The summed E-state index contributed by atoms with van der Waals surface area (Å²) in [6.45, 7) is 2.05. The Morgan fingerprint density at radius 1 is 0.962 bits per heavy atom. The molecule has 2 aromatic carbocycles. The summed E-state index contributed by atoms with van der Waals surface area (Å²) in [5, 5.41) is 13.9. The van der Waals surface area contributed by atoms with Crippen molar-refractivity contribution in [3.8, 4) is 28.3 Å². The van der Waals surface area contributed by atoms with Crippen molar-refractivity contribution < 1.29 is 5.11 Å². The molecule has 5 heteroatoms. The van der Waals surface area contributed by atoms with Crippen molar-refractivity contribution in [1.82, 2.24) is 15.0 Å². The van der Waals surface area contributed by atoms with E-state index < -0.39 is 0 Å². The van der Waals surface area contributed by atoms with Gasteiger partial charge in [-0.3, -0.25) is 4.98 Å². The molecule has 4 rings (SSSR count). The molecule has 0 amide bonds. The minimum absolute atomic E-state index is 0.249. The number of rotatable bonds is 3. The molecule has 2 aromatic heterocycles. The third-order valence-corrected chi connectivity index (χ3v) is 4.36. The van der Waals surface area contributed by atoms with Crippen LogP contribution < -0.4 is 5.32 Å². The number of pyridine rings is 1. The predicted octanol–water partition coefficient (Wildman–Crippen LogP) is 4.41. The number of nitrogens with one attached hydrogen (secondary N) is 1. The van der Waals surface area contributed by atoms with Crippen molar-refractivity contribution in [2.24, 2.45) is 0 Å². The molecule has 0 fully saturated rings. The van der Waals surface area contributed by atoms with Crippen molar-refractivity contribution in [3.63, 3.8) is 0 Å². The number of phenols is 1. The fourth-order valence-corrected chi connectivity index (χ4v) is 3.08. The first kappa shape index (κ1) is 16.0. The van der Waals surface area contributed by atoms with E-state index in [-0.39, 0.29) is 5.75 Å². The molecule has 2 heterocycles. The molecular formula is C21H18N4O. The minimum atomic E-state index is 0.249. The molecule has 0 atom stereocenters. The number of nitrogens with zero attached hydrogens (tertiary/aromatic N) is 3. The monoisotopic (exact) mass is 342 g/mol. The third kappa shape index (κ3) is 2.84. The van der Waals surface area contributed by atoms with Crippen LogP contribution in [0.3, 0.4) is 0 Å². The Kier molecular flexibility index (Phi) is 3.97. The van der Waals surface area contributed by atoms with Gasteiger partial charge in [0.05, 0.1) is 5.52 Å². The van der Waals surface area contributed by atoms with E-state index in [2.05, 4.69) is 27.4 Å². The normalized spacial score (nSPS) is 10.8. The van der Waals surface area contributed by atoms with Crippen LogP contribution in [0.1, 0.15) is 5.56 Å². The van der Waals surface area contributed by atoms with Crippen molar-refractivity contribution in [1.29, 1.82) is 0 Å². The van der Waals surface area contributed by atoms with Gasteiger partial charge in [-0.15, -0.1) is 0 Å². The van der Waals surface area contributed by atoms with E-state index in [1.54, 1.807) is 24.5 Å². The van der Waals surface area contributed by atoms with Gasteiger partial charge in [0.1, 0.15) is 11.6 Å².